The first kappa shape index (κ1) is 10.4. The Kier molecular flexibility index (Phi) is 2.26. The third kappa shape index (κ3) is 1.69. The molecule has 0 unspecified atom stereocenters. The Hall–Kier alpha value is -2.76. The number of rotatable bonds is 2. The van der Waals surface area contributed by atoms with Gasteiger partial charge in [0.05, 0.1) is 16.7 Å². The summed E-state index contributed by atoms with van der Waals surface area (Å²) in [6.45, 7) is 0. The number of H-pyrrole nitrogens is 1. The third-order valence-electron chi connectivity index (χ3n) is 2.61. The lowest BCUT2D eigenvalue weighted by atomic mass is 10.1. The monoisotopic (exact) mass is 239 g/mol. The minimum atomic E-state index is -0.533. The SMILES string of the molecule is NC(=O)c1cc(-c2ccc3nccnc3c2)n[nH]1. The molecule has 6 nitrogen and oxygen atoms in total. The lowest BCUT2D eigenvalue weighted by Crippen LogP contribution is -2.10. The molecule has 0 radical (unpaired) electrons. The third-order valence-corrected chi connectivity index (χ3v) is 2.61. The van der Waals surface area contributed by atoms with Crippen molar-refractivity contribution in [2.45, 2.75) is 0 Å². The van der Waals surface area contributed by atoms with Crippen LogP contribution in [0.5, 0.6) is 0 Å². The summed E-state index contributed by atoms with van der Waals surface area (Å²) in [4.78, 5) is 19.4. The van der Waals surface area contributed by atoms with Crippen LogP contribution in [-0.2, 0) is 0 Å². The van der Waals surface area contributed by atoms with Crippen LogP contribution in [0, 0.1) is 0 Å². The van der Waals surface area contributed by atoms with Crippen LogP contribution in [0.4, 0.5) is 0 Å². The van der Waals surface area contributed by atoms with E-state index < -0.39 is 5.91 Å². The largest absolute Gasteiger partial charge is 0.364 e. The number of benzene rings is 1. The fourth-order valence-electron chi connectivity index (χ4n) is 1.72. The fourth-order valence-corrected chi connectivity index (χ4v) is 1.72. The van der Waals surface area contributed by atoms with Gasteiger partial charge >= 0.3 is 0 Å². The molecule has 0 spiro atoms. The highest BCUT2D eigenvalue weighted by atomic mass is 16.1. The Morgan fingerprint density at radius 1 is 1.11 bits per heavy atom. The lowest BCUT2D eigenvalue weighted by Gasteiger charge is -1.98. The number of hydrogen-bond donors (Lipinski definition) is 2. The van der Waals surface area contributed by atoms with Crippen LogP contribution in [0.3, 0.4) is 0 Å². The van der Waals surface area contributed by atoms with Gasteiger partial charge in [-0.25, -0.2) is 0 Å². The maximum atomic E-state index is 11.0. The van der Waals surface area contributed by atoms with Gasteiger partial charge in [0.25, 0.3) is 5.91 Å². The molecule has 0 bridgehead atoms. The Bertz CT molecular complexity index is 734. The summed E-state index contributed by atoms with van der Waals surface area (Å²) in [6, 6.07) is 7.21. The molecule has 1 amide bonds. The zero-order chi connectivity index (χ0) is 12.5. The van der Waals surface area contributed by atoms with Crippen molar-refractivity contribution in [2.24, 2.45) is 5.73 Å². The summed E-state index contributed by atoms with van der Waals surface area (Å²) in [5.74, 6) is -0.533. The van der Waals surface area contributed by atoms with E-state index in [1.165, 1.54) is 0 Å². The van der Waals surface area contributed by atoms with Crippen molar-refractivity contribution in [1.29, 1.82) is 0 Å². The van der Waals surface area contributed by atoms with Crippen molar-refractivity contribution in [3.05, 3.63) is 42.4 Å². The van der Waals surface area contributed by atoms with E-state index >= 15 is 0 Å². The Balaban J connectivity index is 2.10. The van der Waals surface area contributed by atoms with Gasteiger partial charge in [-0.1, -0.05) is 6.07 Å². The van der Waals surface area contributed by atoms with Crippen molar-refractivity contribution < 1.29 is 4.79 Å². The number of fused-ring (bicyclic) bond motifs is 1. The Morgan fingerprint density at radius 3 is 2.61 bits per heavy atom. The highest BCUT2D eigenvalue weighted by molar-refractivity contribution is 5.92. The normalized spacial score (nSPS) is 10.7. The zero-order valence-corrected chi connectivity index (χ0v) is 9.29. The number of primary amides is 1. The molecule has 0 saturated heterocycles. The highest BCUT2D eigenvalue weighted by Gasteiger charge is 2.08. The van der Waals surface area contributed by atoms with Gasteiger partial charge in [0.1, 0.15) is 5.69 Å². The molecule has 2 heterocycles. The summed E-state index contributed by atoms with van der Waals surface area (Å²) in [7, 11) is 0. The van der Waals surface area contributed by atoms with Crippen molar-refractivity contribution in [3.63, 3.8) is 0 Å². The topological polar surface area (TPSA) is 97.6 Å². The first-order valence-corrected chi connectivity index (χ1v) is 5.30. The van der Waals surface area contributed by atoms with Gasteiger partial charge in [-0.3, -0.25) is 19.9 Å². The first-order valence-electron chi connectivity index (χ1n) is 5.30. The highest BCUT2D eigenvalue weighted by Crippen LogP contribution is 2.21. The average molecular weight is 239 g/mol. The molecule has 2 aromatic heterocycles. The maximum Gasteiger partial charge on any atom is 0.266 e. The second-order valence-electron chi connectivity index (χ2n) is 3.79. The van der Waals surface area contributed by atoms with E-state index in [0.717, 1.165) is 16.6 Å². The van der Waals surface area contributed by atoms with E-state index in [9.17, 15) is 4.79 Å². The molecule has 0 aliphatic carbocycles. The number of nitrogens with zero attached hydrogens (tertiary/aromatic N) is 3. The minimum Gasteiger partial charge on any atom is -0.364 e. The standard InChI is InChI=1S/C12H9N5O/c13-12(18)11-6-9(16-17-11)7-1-2-8-10(5-7)15-4-3-14-8/h1-6H,(H2,13,18)(H,16,17). The van der Waals surface area contributed by atoms with Crippen LogP contribution in [-0.4, -0.2) is 26.1 Å². The van der Waals surface area contributed by atoms with Crippen LogP contribution >= 0.6 is 0 Å². The van der Waals surface area contributed by atoms with Gasteiger partial charge in [0.2, 0.25) is 0 Å². The summed E-state index contributed by atoms with van der Waals surface area (Å²) in [6.07, 6.45) is 3.27. The molecule has 6 heteroatoms. The average Bonchev–Trinajstić information content (AvgIpc) is 2.88. The maximum absolute atomic E-state index is 11.0. The number of nitrogens with one attached hydrogen (secondary N) is 1. The van der Waals surface area contributed by atoms with E-state index in [1.54, 1.807) is 18.5 Å². The predicted molar refractivity (Wildman–Crippen MR) is 65.6 cm³/mol. The van der Waals surface area contributed by atoms with E-state index in [-0.39, 0.29) is 5.69 Å². The molecular weight excluding hydrogens is 230 g/mol. The Morgan fingerprint density at radius 2 is 1.89 bits per heavy atom. The summed E-state index contributed by atoms with van der Waals surface area (Å²) in [5.41, 5.74) is 8.54. The van der Waals surface area contributed by atoms with Crippen LogP contribution in [0.25, 0.3) is 22.3 Å². The van der Waals surface area contributed by atoms with E-state index in [1.807, 2.05) is 18.2 Å². The summed E-state index contributed by atoms with van der Waals surface area (Å²) in [5, 5.41) is 6.63. The van der Waals surface area contributed by atoms with Crippen molar-refractivity contribution in [3.8, 4) is 11.3 Å². The van der Waals surface area contributed by atoms with E-state index in [2.05, 4.69) is 20.2 Å². The molecule has 0 saturated carbocycles. The van der Waals surface area contributed by atoms with Crippen LogP contribution in [0.1, 0.15) is 10.5 Å². The lowest BCUT2D eigenvalue weighted by molar-refractivity contribution is 0.0995. The van der Waals surface area contributed by atoms with Crippen LogP contribution in [0.15, 0.2) is 36.7 Å². The van der Waals surface area contributed by atoms with Crippen LogP contribution in [0.2, 0.25) is 0 Å². The summed E-state index contributed by atoms with van der Waals surface area (Å²) < 4.78 is 0. The van der Waals surface area contributed by atoms with E-state index in [4.69, 9.17) is 5.73 Å². The van der Waals surface area contributed by atoms with Gasteiger partial charge in [0.15, 0.2) is 0 Å². The fraction of sp³-hybridized carbons (Fsp3) is 0. The smallest absolute Gasteiger partial charge is 0.266 e. The van der Waals surface area contributed by atoms with Crippen molar-refractivity contribution >= 4 is 16.9 Å². The zero-order valence-electron chi connectivity index (χ0n) is 9.29. The molecule has 3 aromatic rings. The molecule has 0 fully saturated rings. The van der Waals surface area contributed by atoms with Gasteiger partial charge in [-0.15, -0.1) is 0 Å². The molecule has 1 aromatic carbocycles. The molecule has 0 atom stereocenters. The van der Waals surface area contributed by atoms with Gasteiger partial charge in [-0.2, -0.15) is 5.10 Å². The van der Waals surface area contributed by atoms with E-state index in [0.29, 0.717) is 5.69 Å². The number of aromatic nitrogens is 4. The second-order valence-corrected chi connectivity index (χ2v) is 3.79. The Labute approximate surface area is 102 Å². The number of amides is 1. The molecule has 0 aliphatic rings. The molecule has 3 N–H and O–H groups in total. The molecule has 18 heavy (non-hydrogen) atoms. The molecular formula is C12H9N5O. The second kappa shape index (κ2) is 3.92. The van der Waals surface area contributed by atoms with Crippen molar-refractivity contribution in [2.75, 3.05) is 0 Å². The molecule has 88 valence electrons. The van der Waals surface area contributed by atoms with Gasteiger partial charge < -0.3 is 5.73 Å². The predicted octanol–water partition coefficient (Wildman–Crippen LogP) is 1.12. The van der Waals surface area contributed by atoms with Crippen LogP contribution < -0.4 is 5.73 Å². The number of nitrogens with two attached hydrogens (primary N) is 1. The molecule has 0 aliphatic heterocycles. The number of aromatic amines is 1. The number of hydrogen-bond acceptors (Lipinski definition) is 4. The number of carbonyl (C=O) groups is 1. The van der Waals surface area contributed by atoms with Crippen molar-refractivity contribution in [1.82, 2.24) is 20.2 Å². The minimum absolute atomic E-state index is 0.282. The summed E-state index contributed by atoms with van der Waals surface area (Å²) >= 11 is 0. The first-order chi connectivity index (χ1) is 8.74. The quantitative estimate of drug-likeness (QED) is 0.700. The molecule has 3 rings (SSSR count). The van der Waals surface area contributed by atoms with Gasteiger partial charge in [0, 0.05) is 18.0 Å². The number of carbonyl (C=O) groups excluding carboxylic acids is 1. The van der Waals surface area contributed by atoms with Gasteiger partial charge in [-0.05, 0) is 18.2 Å².